The molecule has 0 radical (unpaired) electrons. The van der Waals surface area contributed by atoms with Crippen LogP contribution in [0.5, 0.6) is 0 Å². The Morgan fingerprint density at radius 2 is 1.50 bits per heavy atom. The summed E-state index contributed by atoms with van der Waals surface area (Å²) < 4.78 is 89.7. The van der Waals surface area contributed by atoms with Crippen LogP contribution in [0.25, 0.3) is 0 Å². The fourth-order valence-corrected chi connectivity index (χ4v) is 0.462. The number of hydrogen-bond donors (Lipinski definition) is 0. The van der Waals surface area contributed by atoms with E-state index < -0.39 is 30.1 Å². The van der Waals surface area contributed by atoms with Crippen molar-refractivity contribution in [1.29, 1.82) is 0 Å². The molecule has 0 aromatic carbocycles. The van der Waals surface area contributed by atoms with Crippen molar-refractivity contribution >= 4 is 5.97 Å². The van der Waals surface area contributed by atoms with Gasteiger partial charge >= 0.3 is 30.1 Å². The smallest absolute Gasteiger partial charge is 0.464 e. The largest absolute Gasteiger partial charge is 0.478 e. The third-order valence-corrected chi connectivity index (χ3v) is 1.17. The summed E-state index contributed by atoms with van der Waals surface area (Å²) in [5.74, 6) is -8.36. The van der Waals surface area contributed by atoms with Crippen LogP contribution in [-0.4, -0.2) is 25.1 Å². The van der Waals surface area contributed by atoms with E-state index in [2.05, 4.69) is 9.47 Å². The molecule has 0 aliphatic rings. The van der Waals surface area contributed by atoms with E-state index in [1.165, 1.54) is 0 Å². The lowest BCUT2D eigenvalue weighted by molar-refractivity contribution is -0.332. The van der Waals surface area contributed by atoms with Gasteiger partial charge in [-0.3, -0.25) is 0 Å². The van der Waals surface area contributed by atoms with Gasteiger partial charge in [-0.15, -0.1) is 0 Å². The van der Waals surface area contributed by atoms with Crippen LogP contribution in [0.15, 0.2) is 12.1 Å². The summed E-state index contributed by atoms with van der Waals surface area (Å²) in [6.07, 6.45) is -9.17. The molecule has 0 aromatic heterocycles. The summed E-state index contributed by atoms with van der Waals surface area (Å²) in [5.41, 5.74) is 0. The molecule has 0 bridgehead atoms. The molecular formula is C6H3F7O3. The molecule has 0 spiro atoms. The van der Waals surface area contributed by atoms with Crippen LogP contribution in [-0.2, 0) is 14.3 Å². The second-order valence-corrected chi connectivity index (χ2v) is 2.22. The number of methoxy groups -OCH3 is 1. The van der Waals surface area contributed by atoms with Crippen molar-refractivity contribution in [3.63, 3.8) is 0 Å². The number of hydrogen-bond acceptors (Lipinski definition) is 3. The number of carbonyl (C=O) groups excluding carboxylic acids is 1. The Hall–Kier alpha value is -1.48. The lowest BCUT2D eigenvalue weighted by atomic mass is 10.3. The van der Waals surface area contributed by atoms with Crippen LogP contribution >= 0.6 is 0 Å². The van der Waals surface area contributed by atoms with Crippen molar-refractivity contribution in [3.8, 4) is 0 Å². The van der Waals surface area contributed by atoms with Crippen molar-refractivity contribution in [2.24, 2.45) is 0 Å². The zero-order valence-electron chi connectivity index (χ0n) is 7.37. The highest BCUT2D eigenvalue weighted by atomic mass is 19.3. The van der Waals surface area contributed by atoms with Crippen LogP contribution in [0, 0.1) is 0 Å². The Balaban J connectivity index is 5.06. The molecule has 0 aromatic rings. The number of ether oxygens (including phenoxy) is 2. The van der Waals surface area contributed by atoms with E-state index in [9.17, 15) is 35.5 Å². The normalized spacial score (nSPS) is 12.0. The SMILES string of the molecule is COC(=O)C(F)(F)C(F)(F)OC(F)=C(F)F. The molecule has 0 N–H and O–H groups in total. The standard InChI is InChI=1S/C6H3F7O3/c1-15-4(14)5(10,11)6(12,13)16-3(9)2(7)8/h1H3. The maximum atomic E-state index is 12.4. The average Bonchev–Trinajstić information content (AvgIpc) is 2.15. The van der Waals surface area contributed by atoms with Crippen LogP contribution in [0.4, 0.5) is 30.7 Å². The van der Waals surface area contributed by atoms with E-state index in [1.54, 1.807) is 0 Å². The Labute approximate surface area is 83.4 Å². The Morgan fingerprint density at radius 1 is 1.06 bits per heavy atom. The minimum absolute atomic E-state index is 0.342. The van der Waals surface area contributed by atoms with Gasteiger partial charge in [0.25, 0.3) is 0 Å². The van der Waals surface area contributed by atoms with Crippen molar-refractivity contribution in [2.75, 3.05) is 7.11 Å². The molecule has 0 rings (SSSR count). The van der Waals surface area contributed by atoms with Crippen molar-refractivity contribution in [1.82, 2.24) is 0 Å². The number of carbonyl (C=O) groups is 1. The minimum Gasteiger partial charge on any atom is -0.464 e. The van der Waals surface area contributed by atoms with Crippen molar-refractivity contribution in [2.45, 2.75) is 12.0 Å². The average molecular weight is 256 g/mol. The summed E-state index contributed by atoms with van der Waals surface area (Å²) in [7, 11) is 0.342. The fourth-order valence-electron chi connectivity index (χ4n) is 0.462. The minimum atomic E-state index is -5.80. The summed E-state index contributed by atoms with van der Waals surface area (Å²) >= 11 is 0. The van der Waals surface area contributed by atoms with Crippen LogP contribution in [0.2, 0.25) is 0 Å². The van der Waals surface area contributed by atoms with Crippen molar-refractivity contribution in [3.05, 3.63) is 12.1 Å². The molecule has 0 heterocycles. The van der Waals surface area contributed by atoms with Gasteiger partial charge in [0.2, 0.25) is 0 Å². The third kappa shape index (κ3) is 2.76. The Bertz CT molecular complexity index is 307. The maximum absolute atomic E-state index is 12.4. The molecule has 16 heavy (non-hydrogen) atoms. The predicted molar refractivity (Wildman–Crippen MR) is 33.3 cm³/mol. The van der Waals surface area contributed by atoms with Gasteiger partial charge in [0.15, 0.2) is 0 Å². The molecule has 0 unspecified atom stereocenters. The van der Waals surface area contributed by atoms with E-state index in [1.807, 2.05) is 0 Å². The lowest BCUT2D eigenvalue weighted by Crippen LogP contribution is -2.49. The van der Waals surface area contributed by atoms with Crippen molar-refractivity contribution < 1.29 is 45.0 Å². The van der Waals surface area contributed by atoms with Gasteiger partial charge < -0.3 is 9.47 Å². The highest BCUT2D eigenvalue weighted by molar-refractivity contribution is 5.78. The first-order valence-corrected chi connectivity index (χ1v) is 3.30. The molecule has 3 nitrogen and oxygen atoms in total. The Kier molecular flexibility index (Phi) is 4.15. The molecule has 94 valence electrons. The predicted octanol–water partition coefficient (Wildman–Crippen LogP) is 2.44. The molecule has 0 aliphatic carbocycles. The first-order chi connectivity index (χ1) is 7.06. The summed E-state index contributed by atoms with van der Waals surface area (Å²) in [6.45, 7) is 0. The van der Waals surface area contributed by atoms with E-state index in [0.29, 0.717) is 7.11 Å². The lowest BCUT2D eigenvalue weighted by Gasteiger charge is -2.22. The van der Waals surface area contributed by atoms with Gasteiger partial charge in [-0.1, -0.05) is 0 Å². The van der Waals surface area contributed by atoms with Crippen LogP contribution in [0.1, 0.15) is 0 Å². The topological polar surface area (TPSA) is 35.5 Å². The van der Waals surface area contributed by atoms with E-state index >= 15 is 0 Å². The summed E-state index contributed by atoms with van der Waals surface area (Å²) in [4.78, 5) is 10.2. The zero-order chi connectivity index (χ0) is 13.1. The second kappa shape index (κ2) is 4.58. The number of alkyl halides is 4. The van der Waals surface area contributed by atoms with Crippen LogP contribution in [0.3, 0.4) is 0 Å². The van der Waals surface area contributed by atoms with E-state index in [-0.39, 0.29) is 0 Å². The Morgan fingerprint density at radius 3 is 1.81 bits per heavy atom. The zero-order valence-corrected chi connectivity index (χ0v) is 7.37. The number of esters is 1. The van der Waals surface area contributed by atoms with Crippen LogP contribution < -0.4 is 0 Å². The van der Waals surface area contributed by atoms with Gasteiger partial charge in [-0.2, -0.15) is 30.7 Å². The van der Waals surface area contributed by atoms with Gasteiger partial charge in [0, 0.05) is 0 Å². The molecule has 0 fully saturated rings. The fraction of sp³-hybridized carbons (Fsp3) is 0.500. The first-order valence-electron chi connectivity index (χ1n) is 3.30. The highest BCUT2D eigenvalue weighted by Gasteiger charge is 2.67. The van der Waals surface area contributed by atoms with Gasteiger partial charge in [0.05, 0.1) is 7.11 Å². The molecule has 0 saturated carbocycles. The molecule has 0 saturated heterocycles. The third-order valence-electron chi connectivity index (χ3n) is 1.17. The molecule has 10 heteroatoms. The molecule has 0 amide bonds. The van der Waals surface area contributed by atoms with Gasteiger partial charge in [-0.25, -0.2) is 4.79 Å². The number of rotatable bonds is 4. The monoisotopic (exact) mass is 256 g/mol. The highest BCUT2D eigenvalue weighted by Crippen LogP contribution is 2.38. The van der Waals surface area contributed by atoms with E-state index in [4.69, 9.17) is 0 Å². The summed E-state index contributed by atoms with van der Waals surface area (Å²) in [6, 6.07) is -3.21. The number of halogens is 7. The van der Waals surface area contributed by atoms with Gasteiger partial charge in [0.1, 0.15) is 0 Å². The van der Waals surface area contributed by atoms with E-state index in [0.717, 1.165) is 0 Å². The second-order valence-electron chi connectivity index (χ2n) is 2.22. The molecule has 0 aliphatic heterocycles. The van der Waals surface area contributed by atoms with Gasteiger partial charge in [-0.05, 0) is 0 Å². The quantitative estimate of drug-likeness (QED) is 0.440. The maximum Gasteiger partial charge on any atom is 0.478 e. The summed E-state index contributed by atoms with van der Waals surface area (Å²) in [5, 5.41) is 0. The molecule has 0 atom stereocenters. The molecular weight excluding hydrogens is 253 g/mol. The first kappa shape index (κ1) is 14.5.